The molecule has 3 nitrogen and oxygen atoms in total. The minimum Gasteiger partial charge on any atom is -0.382 e. The first kappa shape index (κ1) is 14.0. The highest BCUT2D eigenvalue weighted by Crippen LogP contribution is 2.43. The number of rotatable bonds is 2. The summed E-state index contributed by atoms with van der Waals surface area (Å²) in [6.45, 7) is 0. The molecule has 2 aromatic rings. The maximum Gasteiger partial charge on any atom is 0.248 e. The number of H-pyrrole nitrogens is 1. The van der Waals surface area contributed by atoms with Gasteiger partial charge in [-0.05, 0) is 30.5 Å². The molecular formula is C15H16F3N3. The lowest BCUT2D eigenvalue weighted by molar-refractivity contribution is -0.0384. The number of hydrogen-bond donors (Lipinski definition) is 2. The van der Waals surface area contributed by atoms with Crippen LogP contribution in [-0.2, 0) is 0 Å². The molecular weight excluding hydrogens is 279 g/mol. The first-order valence-electron chi connectivity index (χ1n) is 6.94. The summed E-state index contributed by atoms with van der Waals surface area (Å²) in [5.41, 5.74) is 8.10. The van der Waals surface area contributed by atoms with Crippen molar-refractivity contribution in [3.8, 4) is 11.1 Å². The minimum atomic E-state index is -2.57. The summed E-state index contributed by atoms with van der Waals surface area (Å²) in [5, 5.41) is 6.87. The molecule has 21 heavy (non-hydrogen) atoms. The number of hydrogen-bond acceptors (Lipinski definition) is 2. The van der Waals surface area contributed by atoms with E-state index < -0.39 is 5.92 Å². The molecule has 1 aliphatic rings. The lowest BCUT2D eigenvalue weighted by Gasteiger charge is -2.28. The van der Waals surface area contributed by atoms with Gasteiger partial charge in [-0.1, -0.05) is 12.1 Å². The Kier molecular flexibility index (Phi) is 3.39. The van der Waals surface area contributed by atoms with Crippen molar-refractivity contribution in [2.45, 2.75) is 37.5 Å². The predicted molar refractivity (Wildman–Crippen MR) is 74.6 cm³/mol. The fourth-order valence-electron chi connectivity index (χ4n) is 2.91. The average Bonchev–Trinajstić information content (AvgIpc) is 2.82. The van der Waals surface area contributed by atoms with Crippen LogP contribution in [0.4, 0.5) is 19.0 Å². The Morgan fingerprint density at radius 3 is 2.38 bits per heavy atom. The summed E-state index contributed by atoms with van der Waals surface area (Å²) in [7, 11) is 0. The topological polar surface area (TPSA) is 54.7 Å². The molecule has 1 saturated carbocycles. The number of nitrogens with zero attached hydrogens (tertiary/aromatic N) is 1. The highest BCUT2D eigenvalue weighted by atomic mass is 19.3. The number of nitrogens with two attached hydrogens (primary N) is 1. The van der Waals surface area contributed by atoms with Crippen molar-refractivity contribution in [1.82, 2.24) is 10.2 Å². The Balaban J connectivity index is 1.92. The third-order valence-corrected chi connectivity index (χ3v) is 4.08. The van der Waals surface area contributed by atoms with E-state index in [1.54, 1.807) is 12.1 Å². The zero-order chi connectivity index (χ0) is 15.0. The number of alkyl halides is 2. The van der Waals surface area contributed by atoms with Crippen LogP contribution in [0.25, 0.3) is 11.1 Å². The number of aromatic nitrogens is 2. The zero-order valence-corrected chi connectivity index (χ0v) is 11.4. The number of benzene rings is 1. The Morgan fingerprint density at radius 1 is 1.14 bits per heavy atom. The van der Waals surface area contributed by atoms with E-state index >= 15 is 0 Å². The van der Waals surface area contributed by atoms with E-state index in [9.17, 15) is 13.2 Å². The summed E-state index contributed by atoms with van der Waals surface area (Å²) in [6, 6.07) is 5.94. The van der Waals surface area contributed by atoms with Gasteiger partial charge in [0.25, 0.3) is 0 Å². The molecule has 0 radical (unpaired) electrons. The SMILES string of the molecule is Nc1n[nH]c(C2CCC(F)(F)CC2)c1-c1ccc(F)cc1. The average molecular weight is 295 g/mol. The normalized spacial score (nSPS) is 18.8. The van der Waals surface area contributed by atoms with Gasteiger partial charge in [-0.15, -0.1) is 0 Å². The molecule has 112 valence electrons. The largest absolute Gasteiger partial charge is 0.382 e. The third-order valence-electron chi connectivity index (χ3n) is 4.08. The molecule has 1 aromatic carbocycles. The van der Waals surface area contributed by atoms with Gasteiger partial charge in [-0.2, -0.15) is 5.10 Å². The van der Waals surface area contributed by atoms with Crippen LogP contribution >= 0.6 is 0 Å². The van der Waals surface area contributed by atoms with Crippen LogP contribution in [0.5, 0.6) is 0 Å². The Bertz CT molecular complexity index is 624. The molecule has 0 atom stereocenters. The standard InChI is InChI=1S/C15H16F3N3/c16-11-3-1-9(2-4-11)12-13(20-21-14(12)19)10-5-7-15(17,18)8-6-10/h1-4,10H,5-8H2,(H3,19,20,21). The molecule has 1 fully saturated rings. The molecule has 1 heterocycles. The molecule has 0 aliphatic heterocycles. The van der Waals surface area contributed by atoms with Crippen molar-refractivity contribution < 1.29 is 13.2 Å². The fraction of sp³-hybridized carbons (Fsp3) is 0.400. The summed E-state index contributed by atoms with van der Waals surface area (Å²) >= 11 is 0. The van der Waals surface area contributed by atoms with E-state index in [4.69, 9.17) is 5.73 Å². The van der Waals surface area contributed by atoms with Gasteiger partial charge in [0.2, 0.25) is 5.92 Å². The van der Waals surface area contributed by atoms with E-state index in [1.165, 1.54) is 12.1 Å². The zero-order valence-electron chi connectivity index (χ0n) is 11.4. The number of nitrogen functional groups attached to an aromatic ring is 1. The molecule has 1 aromatic heterocycles. The third kappa shape index (κ3) is 2.75. The van der Waals surface area contributed by atoms with Crippen LogP contribution in [-0.4, -0.2) is 16.1 Å². The second-order valence-corrected chi connectivity index (χ2v) is 5.53. The first-order chi connectivity index (χ1) is 9.96. The minimum absolute atomic E-state index is 0.0190. The second-order valence-electron chi connectivity index (χ2n) is 5.53. The fourth-order valence-corrected chi connectivity index (χ4v) is 2.91. The van der Waals surface area contributed by atoms with Crippen LogP contribution in [0.2, 0.25) is 0 Å². The summed E-state index contributed by atoms with van der Waals surface area (Å²) < 4.78 is 39.6. The number of aromatic amines is 1. The number of anilines is 1. The molecule has 3 N–H and O–H groups in total. The van der Waals surface area contributed by atoms with Gasteiger partial charge in [0.15, 0.2) is 5.82 Å². The van der Waals surface area contributed by atoms with E-state index in [0.29, 0.717) is 24.2 Å². The smallest absolute Gasteiger partial charge is 0.248 e. The maximum absolute atomic E-state index is 13.3. The van der Waals surface area contributed by atoms with Gasteiger partial charge in [0, 0.05) is 30.0 Å². The molecule has 0 amide bonds. The second kappa shape index (κ2) is 5.09. The van der Waals surface area contributed by atoms with Gasteiger partial charge in [0.1, 0.15) is 5.82 Å². The molecule has 6 heteroatoms. The summed E-state index contributed by atoms with van der Waals surface area (Å²) in [4.78, 5) is 0. The highest BCUT2D eigenvalue weighted by molar-refractivity contribution is 5.76. The maximum atomic E-state index is 13.3. The molecule has 1 aliphatic carbocycles. The number of halogens is 3. The van der Waals surface area contributed by atoms with Gasteiger partial charge in [-0.3, -0.25) is 5.10 Å². The van der Waals surface area contributed by atoms with E-state index in [-0.39, 0.29) is 24.6 Å². The molecule has 0 bridgehead atoms. The van der Waals surface area contributed by atoms with Crippen molar-refractivity contribution in [2.24, 2.45) is 0 Å². The summed E-state index contributed by atoms with van der Waals surface area (Å²) in [6.07, 6.45) is 0.532. The van der Waals surface area contributed by atoms with Crippen molar-refractivity contribution in [3.05, 3.63) is 35.8 Å². The van der Waals surface area contributed by atoms with Crippen LogP contribution in [0.3, 0.4) is 0 Å². The van der Waals surface area contributed by atoms with Crippen LogP contribution < -0.4 is 5.73 Å². The lowest BCUT2D eigenvalue weighted by atomic mass is 9.82. The van der Waals surface area contributed by atoms with Gasteiger partial charge >= 0.3 is 0 Å². The van der Waals surface area contributed by atoms with E-state index in [0.717, 1.165) is 11.3 Å². The molecule has 3 rings (SSSR count). The van der Waals surface area contributed by atoms with Gasteiger partial charge in [-0.25, -0.2) is 13.2 Å². The van der Waals surface area contributed by atoms with Gasteiger partial charge < -0.3 is 5.73 Å². The Hall–Kier alpha value is -1.98. The summed E-state index contributed by atoms with van der Waals surface area (Å²) in [5.74, 6) is -2.61. The molecule has 0 unspecified atom stereocenters. The Labute approximate surface area is 120 Å². The van der Waals surface area contributed by atoms with Crippen molar-refractivity contribution in [3.63, 3.8) is 0 Å². The van der Waals surface area contributed by atoms with E-state index in [2.05, 4.69) is 10.2 Å². The van der Waals surface area contributed by atoms with Crippen LogP contribution in [0, 0.1) is 5.82 Å². The van der Waals surface area contributed by atoms with Crippen molar-refractivity contribution in [1.29, 1.82) is 0 Å². The van der Waals surface area contributed by atoms with Crippen molar-refractivity contribution >= 4 is 5.82 Å². The monoisotopic (exact) mass is 295 g/mol. The van der Waals surface area contributed by atoms with Crippen LogP contribution in [0.1, 0.15) is 37.3 Å². The van der Waals surface area contributed by atoms with Gasteiger partial charge in [0.05, 0.1) is 0 Å². The molecule has 0 saturated heterocycles. The Morgan fingerprint density at radius 2 is 1.76 bits per heavy atom. The quantitative estimate of drug-likeness (QED) is 0.876. The predicted octanol–water partition coefficient (Wildman–Crippen LogP) is 4.09. The van der Waals surface area contributed by atoms with Crippen molar-refractivity contribution in [2.75, 3.05) is 5.73 Å². The number of nitrogens with one attached hydrogen (secondary N) is 1. The lowest BCUT2D eigenvalue weighted by Crippen LogP contribution is -2.24. The van der Waals surface area contributed by atoms with Crippen LogP contribution in [0.15, 0.2) is 24.3 Å². The molecule has 0 spiro atoms. The van der Waals surface area contributed by atoms with E-state index in [1.807, 2.05) is 0 Å². The highest BCUT2D eigenvalue weighted by Gasteiger charge is 2.37. The first-order valence-corrected chi connectivity index (χ1v) is 6.94.